The zero-order valence-corrected chi connectivity index (χ0v) is 10.5. The van der Waals surface area contributed by atoms with Crippen molar-refractivity contribution in [3.05, 3.63) is 33.9 Å². The molecule has 2 rings (SSSR count). The van der Waals surface area contributed by atoms with Gasteiger partial charge in [-0.15, -0.1) is 0 Å². The van der Waals surface area contributed by atoms with Crippen molar-refractivity contribution in [1.29, 1.82) is 0 Å². The van der Waals surface area contributed by atoms with Crippen LogP contribution in [0.15, 0.2) is 12.5 Å². The van der Waals surface area contributed by atoms with Gasteiger partial charge in [0.25, 0.3) is 0 Å². The largest absolute Gasteiger partial charge is 0.378 e. The molecule has 3 N–H and O–H groups in total. The quantitative estimate of drug-likeness (QED) is 0.611. The summed E-state index contributed by atoms with van der Waals surface area (Å²) >= 11 is 0. The molecule has 0 unspecified atom stereocenters. The topological polar surface area (TPSA) is 125 Å². The second-order valence-electron chi connectivity index (χ2n) is 3.95. The molecule has 19 heavy (non-hydrogen) atoms. The van der Waals surface area contributed by atoms with Gasteiger partial charge in [0.2, 0.25) is 11.6 Å². The van der Waals surface area contributed by atoms with Gasteiger partial charge in [0.05, 0.1) is 11.1 Å². The summed E-state index contributed by atoms with van der Waals surface area (Å²) in [6, 6.07) is 0. The summed E-state index contributed by atoms with van der Waals surface area (Å²) < 4.78 is 1.72. The molecule has 0 spiro atoms. The molecule has 0 amide bonds. The molecule has 0 bridgehead atoms. The maximum absolute atomic E-state index is 10.9. The first-order valence-corrected chi connectivity index (χ1v) is 5.47. The molecule has 2 aromatic rings. The number of anilines is 2. The second-order valence-corrected chi connectivity index (χ2v) is 3.95. The van der Waals surface area contributed by atoms with Crippen LogP contribution in [0.25, 0.3) is 0 Å². The molecule has 0 saturated carbocycles. The van der Waals surface area contributed by atoms with Crippen molar-refractivity contribution < 1.29 is 4.92 Å². The van der Waals surface area contributed by atoms with Gasteiger partial charge in [0, 0.05) is 24.8 Å². The minimum atomic E-state index is -0.603. The number of hydrogen-bond donors (Lipinski definition) is 2. The van der Waals surface area contributed by atoms with Gasteiger partial charge in [0.1, 0.15) is 6.33 Å². The summed E-state index contributed by atoms with van der Waals surface area (Å²) in [7, 11) is 1.82. The minimum absolute atomic E-state index is 0.0979. The highest BCUT2D eigenvalue weighted by Crippen LogP contribution is 2.26. The fourth-order valence-corrected chi connectivity index (χ4v) is 1.60. The predicted octanol–water partition coefficient (Wildman–Crippen LogP) is 0.621. The van der Waals surface area contributed by atoms with Crippen molar-refractivity contribution in [2.45, 2.75) is 13.5 Å². The number of nitrogen functional groups attached to an aromatic ring is 1. The summed E-state index contributed by atoms with van der Waals surface area (Å²) in [6.45, 7) is 2.28. The molecule has 0 aliphatic rings. The molecule has 9 heteroatoms. The molecule has 0 saturated heterocycles. The Labute approximate surface area is 108 Å². The maximum atomic E-state index is 10.9. The van der Waals surface area contributed by atoms with Gasteiger partial charge in [-0.3, -0.25) is 14.8 Å². The Kier molecular flexibility index (Phi) is 3.27. The van der Waals surface area contributed by atoms with E-state index in [1.54, 1.807) is 10.9 Å². The summed E-state index contributed by atoms with van der Waals surface area (Å²) in [5.41, 5.74) is 7.05. The van der Waals surface area contributed by atoms with Crippen molar-refractivity contribution in [1.82, 2.24) is 19.7 Å². The van der Waals surface area contributed by atoms with Gasteiger partial charge in [-0.1, -0.05) is 0 Å². The Morgan fingerprint density at radius 3 is 2.84 bits per heavy atom. The summed E-state index contributed by atoms with van der Waals surface area (Å²) in [5, 5.41) is 17.9. The number of rotatable bonds is 4. The normalized spacial score (nSPS) is 10.4. The van der Waals surface area contributed by atoms with Crippen molar-refractivity contribution in [3.63, 3.8) is 0 Å². The average molecular weight is 263 g/mol. The van der Waals surface area contributed by atoms with Crippen molar-refractivity contribution in [2.24, 2.45) is 7.05 Å². The van der Waals surface area contributed by atoms with E-state index < -0.39 is 4.92 Å². The van der Waals surface area contributed by atoms with E-state index >= 15 is 0 Å². The van der Waals surface area contributed by atoms with E-state index in [4.69, 9.17) is 5.73 Å². The van der Waals surface area contributed by atoms with Crippen molar-refractivity contribution in [2.75, 3.05) is 11.1 Å². The van der Waals surface area contributed by atoms with Crippen LogP contribution in [0.1, 0.15) is 11.3 Å². The van der Waals surface area contributed by atoms with Crippen LogP contribution in [0.2, 0.25) is 0 Å². The van der Waals surface area contributed by atoms with Gasteiger partial charge in [-0.2, -0.15) is 5.10 Å². The Morgan fingerprint density at radius 1 is 1.53 bits per heavy atom. The van der Waals surface area contributed by atoms with Crippen LogP contribution in [0, 0.1) is 17.0 Å². The first-order valence-electron chi connectivity index (χ1n) is 5.47. The van der Waals surface area contributed by atoms with E-state index in [-0.39, 0.29) is 17.3 Å². The first-order chi connectivity index (χ1) is 9.00. The third kappa shape index (κ3) is 2.44. The summed E-state index contributed by atoms with van der Waals surface area (Å²) in [4.78, 5) is 17.8. The fraction of sp³-hybridized carbons (Fsp3) is 0.300. The fourth-order valence-electron chi connectivity index (χ4n) is 1.60. The highest BCUT2D eigenvalue weighted by Gasteiger charge is 2.20. The summed E-state index contributed by atoms with van der Waals surface area (Å²) in [5.74, 6) is -0.0637. The van der Waals surface area contributed by atoms with Crippen molar-refractivity contribution >= 4 is 17.3 Å². The second kappa shape index (κ2) is 4.88. The molecule has 0 atom stereocenters. The highest BCUT2D eigenvalue weighted by molar-refractivity contribution is 5.67. The van der Waals surface area contributed by atoms with Gasteiger partial charge in [-0.25, -0.2) is 9.97 Å². The van der Waals surface area contributed by atoms with Crippen LogP contribution in [-0.2, 0) is 13.6 Å². The third-order valence-corrected chi connectivity index (χ3v) is 2.82. The maximum Gasteiger partial charge on any atom is 0.352 e. The molecule has 100 valence electrons. The van der Waals surface area contributed by atoms with Crippen LogP contribution in [-0.4, -0.2) is 24.7 Å². The number of aryl methyl sites for hydroxylation is 1. The number of nitrogens with zero attached hydrogens (tertiary/aromatic N) is 5. The average Bonchev–Trinajstić information content (AvgIpc) is 2.67. The number of nitro groups is 1. The smallest absolute Gasteiger partial charge is 0.352 e. The standard InChI is InChI=1S/C10H13N7O2/c1-6-7(4-15-16(6)2)3-12-10-8(17(18)19)9(11)13-5-14-10/h4-5H,3H2,1-2H3,(H3,11,12,13,14). The van der Waals surface area contributed by atoms with E-state index in [2.05, 4.69) is 20.4 Å². The molecular weight excluding hydrogens is 250 g/mol. The Bertz CT molecular complexity index is 622. The molecule has 0 aliphatic heterocycles. The Morgan fingerprint density at radius 2 is 2.26 bits per heavy atom. The number of nitrogens with one attached hydrogen (secondary N) is 1. The lowest BCUT2D eigenvalue weighted by atomic mass is 10.2. The lowest BCUT2D eigenvalue weighted by Gasteiger charge is -2.06. The van der Waals surface area contributed by atoms with Gasteiger partial charge >= 0.3 is 5.69 Å². The Balaban J connectivity index is 2.23. The van der Waals surface area contributed by atoms with Crippen LogP contribution in [0.3, 0.4) is 0 Å². The van der Waals surface area contributed by atoms with E-state index in [1.165, 1.54) is 6.33 Å². The molecule has 0 fully saturated rings. The zero-order valence-electron chi connectivity index (χ0n) is 10.5. The zero-order chi connectivity index (χ0) is 14.0. The number of aromatic nitrogens is 4. The monoisotopic (exact) mass is 263 g/mol. The van der Waals surface area contributed by atoms with E-state index in [9.17, 15) is 10.1 Å². The summed E-state index contributed by atoms with van der Waals surface area (Å²) in [6.07, 6.45) is 2.87. The van der Waals surface area contributed by atoms with Gasteiger partial charge in [0.15, 0.2) is 0 Å². The molecule has 0 aromatic carbocycles. The SMILES string of the molecule is Cc1c(CNc2ncnc(N)c2[N+](=O)[O-])cnn1C. The first kappa shape index (κ1) is 12.7. The van der Waals surface area contributed by atoms with Crippen LogP contribution in [0.4, 0.5) is 17.3 Å². The molecule has 9 nitrogen and oxygen atoms in total. The van der Waals surface area contributed by atoms with Gasteiger partial charge < -0.3 is 11.1 Å². The minimum Gasteiger partial charge on any atom is -0.378 e. The lowest BCUT2D eigenvalue weighted by Crippen LogP contribution is -2.08. The highest BCUT2D eigenvalue weighted by atomic mass is 16.6. The van der Waals surface area contributed by atoms with Crippen LogP contribution < -0.4 is 11.1 Å². The number of hydrogen-bond acceptors (Lipinski definition) is 7. The lowest BCUT2D eigenvalue weighted by molar-refractivity contribution is -0.383. The van der Waals surface area contributed by atoms with Crippen LogP contribution >= 0.6 is 0 Å². The van der Waals surface area contributed by atoms with E-state index in [0.717, 1.165) is 11.3 Å². The van der Waals surface area contributed by atoms with Gasteiger partial charge in [-0.05, 0) is 6.92 Å². The van der Waals surface area contributed by atoms with Crippen molar-refractivity contribution in [3.8, 4) is 0 Å². The van der Waals surface area contributed by atoms with E-state index in [0.29, 0.717) is 6.54 Å². The molecule has 2 heterocycles. The number of nitrogens with two attached hydrogens (primary N) is 1. The molecule has 0 aliphatic carbocycles. The molecule has 0 radical (unpaired) electrons. The molecular formula is C10H13N7O2. The Hall–Kier alpha value is -2.71. The third-order valence-electron chi connectivity index (χ3n) is 2.82. The van der Waals surface area contributed by atoms with Crippen LogP contribution in [0.5, 0.6) is 0 Å². The van der Waals surface area contributed by atoms with E-state index in [1.807, 2.05) is 14.0 Å². The molecule has 2 aromatic heterocycles. The predicted molar refractivity (Wildman–Crippen MR) is 68.4 cm³/mol.